The highest BCUT2D eigenvalue weighted by atomic mass is 79.9. The smallest absolute Gasteiger partial charge is 0.233 e. The number of β-amino-alcohol motifs (C(OH)–C–C–N with tert-alkyl or cyclic N) is 2. The van der Waals surface area contributed by atoms with Gasteiger partial charge in [0.1, 0.15) is 0 Å². The van der Waals surface area contributed by atoms with Crippen LogP contribution in [0.3, 0.4) is 0 Å². The third kappa shape index (κ3) is 3.47. The van der Waals surface area contributed by atoms with Gasteiger partial charge in [0.25, 0.3) is 0 Å². The van der Waals surface area contributed by atoms with Crippen molar-refractivity contribution in [3.63, 3.8) is 0 Å². The minimum Gasteiger partial charge on any atom is -0.388 e. The van der Waals surface area contributed by atoms with Crippen molar-refractivity contribution in [3.05, 3.63) is 28.7 Å². The zero-order valence-corrected chi connectivity index (χ0v) is 12.0. The van der Waals surface area contributed by atoms with Crippen molar-refractivity contribution in [1.82, 2.24) is 4.90 Å². The van der Waals surface area contributed by atoms with Gasteiger partial charge in [-0.05, 0) is 24.3 Å². The van der Waals surface area contributed by atoms with E-state index in [1.165, 1.54) is 16.7 Å². The lowest BCUT2D eigenvalue weighted by Gasteiger charge is -2.14. The van der Waals surface area contributed by atoms with Crippen molar-refractivity contribution in [2.75, 3.05) is 18.8 Å². The van der Waals surface area contributed by atoms with Crippen LogP contribution in [0.2, 0.25) is 0 Å². The van der Waals surface area contributed by atoms with Gasteiger partial charge in [0.2, 0.25) is 5.91 Å². The van der Waals surface area contributed by atoms with E-state index in [0.29, 0.717) is 5.75 Å². The van der Waals surface area contributed by atoms with Crippen LogP contribution in [0.1, 0.15) is 0 Å². The average molecular weight is 332 g/mol. The summed E-state index contributed by atoms with van der Waals surface area (Å²) in [5.74, 6) is 0.264. The Morgan fingerprint density at radius 2 is 1.83 bits per heavy atom. The maximum atomic E-state index is 11.9. The molecule has 1 fully saturated rings. The maximum Gasteiger partial charge on any atom is 0.233 e. The van der Waals surface area contributed by atoms with Crippen molar-refractivity contribution in [3.8, 4) is 0 Å². The highest BCUT2D eigenvalue weighted by Gasteiger charge is 2.32. The Kier molecular flexibility index (Phi) is 4.66. The van der Waals surface area contributed by atoms with Gasteiger partial charge in [-0.25, -0.2) is 0 Å². The van der Waals surface area contributed by atoms with Crippen LogP contribution in [-0.2, 0) is 4.79 Å². The number of rotatable bonds is 3. The number of likely N-dealkylation sites (tertiary alicyclic amines) is 1. The Balaban J connectivity index is 1.83. The summed E-state index contributed by atoms with van der Waals surface area (Å²) in [6, 6.07) is 7.73. The summed E-state index contributed by atoms with van der Waals surface area (Å²) in [6.45, 7) is 0.446. The van der Waals surface area contributed by atoms with Crippen LogP contribution < -0.4 is 0 Å². The van der Waals surface area contributed by atoms with Crippen molar-refractivity contribution in [2.45, 2.75) is 17.1 Å². The zero-order chi connectivity index (χ0) is 13.1. The molecular weight excluding hydrogens is 318 g/mol. The van der Waals surface area contributed by atoms with Gasteiger partial charge in [0.15, 0.2) is 0 Å². The summed E-state index contributed by atoms with van der Waals surface area (Å²) in [6.07, 6.45) is -1.63. The van der Waals surface area contributed by atoms with Gasteiger partial charge in [0.05, 0.1) is 18.0 Å². The zero-order valence-electron chi connectivity index (χ0n) is 9.62. The fraction of sp³-hybridized carbons (Fsp3) is 0.417. The predicted molar refractivity (Wildman–Crippen MR) is 73.5 cm³/mol. The molecule has 2 unspecified atom stereocenters. The van der Waals surface area contributed by atoms with Crippen LogP contribution in [0.15, 0.2) is 33.6 Å². The van der Waals surface area contributed by atoms with Gasteiger partial charge in [0, 0.05) is 22.5 Å². The van der Waals surface area contributed by atoms with Gasteiger partial charge in [-0.3, -0.25) is 4.79 Å². The van der Waals surface area contributed by atoms with E-state index < -0.39 is 12.2 Å². The number of thioether (sulfide) groups is 1. The molecular formula is C12H14BrNO3S. The van der Waals surface area contributed by atoms with E-state index in [2.05, 4.69) is 15.9 Å². The quantitative estimate of drug-likeness (QED) is 0.814. The fourth-order valence-corrected chi connectivity index (χ4v) is 2.81. The molecule has 0 bridgehead atoms. The van der Waals surface area contributed by atoms with Crippen molar-refractivity contribution < 1.29 is 15.0 Å². The molecule has 6 heteroatoms. The number of nitrogens with zero attached hydrogens (tertiary/aromatic N) is 1. The fourth-order valence-electron chi connectivity index (χ4n) is 1.74. The first-order chi connectivity index (χ1) is 8.56. The molecule has 2 rings (SSSR count). The number of aliphatic hydroxyl groups excluding tert-OH is 2. The molecule has 2 atom stereocenters. The molecule has 1 aliphatic rings. The second-order valence-electron chi connectivity index (χ2n) is 4.18. The third-order valence-corrected chi connectivity index (χ3v) is 4.31. The number of hydrogen-bond donors (Lipinski definition) is 2. The van der Waals surface area contributed by atoms with Gasteiger partial charge < -0.3 is 15.1 Å². The Morgan fingerprint density at radius 3 is 2.39 bits per heavy atom. The van der Waals surface area contributed by atoms with Crippen LogP contribution in [-0.4, -0.2) is 52.1 Å². The largest absolute Gasteiger partial charge is 0.388 e. The first-order valence-corrected chi connectivity index (χ1v) is 7.36. The molecule has 0 aromatic heterocycles. The van der Waals surface area contributed by atoms with E-state index in [1.54, 1.807) is 0 Å². The topological polar surface area (TPSA) is 60.8 Å². The minimum atomic E-state index is -0.813. The van der Waals surface area contributed by atoms with E-state index in [4.69, 9.17) is 0 Å². The summed E-state index contributed by atoms with van der Waals surface area (Å²) in [5.41, 5.74) is 0. The summed E-state index contributed by atoms with van der Waals surface area (Å²) >= 11 is 4.80. The van der Waals surface area contributed by atoms with Crippen LogP contribution in [0.4, 0.5) is 0 Å². The molecule has 0 radical (unpaired) electrons. The summed E-state index contributed by atoms with van der Waals surface area (Å²) in [5, 5.41) is 18.8. The first kappa shape index (κ1) is 13.9. The van der Waals surface area contributed by atoms with Crippen LogP contribution >= 0.6 is 27.7 Å². The number of hydrogen-bond acceptors (Lipinski definition) is 4. The van der Waals surface area contributed by atoms with Crippen molar-refractivity contribution in [2.24, 2.45) is 0 Å². The van der Waals surface area contributed by atoms with E-state index in [9.17, 15) is 15.0 Å². The number of aliphatic hydroxyl groups is 2. The Morgan fingerprint density at radius 1 is 1.28 bits per heavy atom. The van der Waals surface area contributed by atoms with Gasteiger partial charge in [-0.2, -0.15) is 0 Å². The van der Waals surface area contributed by atoms with E-state index in [1.807, 2.05) is 24.3 Å². The highest BCUT2D eigenvalue weighted by Crippen LogP contribution is 2.21. The standard InChI is InChI=1S/C12H14BrNO3S/c13-8-1-3-9(4-2-8)18-7-12(17)14-5-10(15)11(16)6-14/h1-4,10-11,15-16H,5-7H2. The Hall–Kier alpha value is -0.560. The second-order valence-corrected chi connectivity index (χ2v) is 6.14. The van der Waals surface area contributed by atoms with E-state index in [0.717, 1.165) is 9.37 Å². The second kappa shape index (κ2) is 6.06. The number of carbonyl (C=O) groups is 1. The predicted octanol–water partition coefficient (Wildman–Crippen LogP) is 1.11. The van der Waals surface area contributed by atoms with E-state index in [-0.39, 0.29) is 19.0 Å². The normalized spacial score (nSPS) is 23.4. The number of halogens is 1. The molecule has 1 saturated heterocycles. The highest BCUT2D eigenvalue weighted by molar-refractivity contribution is 9.10. The van der Waals surface area contributed by atoms with Crippen LogP contribution in [0.5, 0.6) is 0 Å². The molecule has 0 aliphatic carbocycles. The molecule has 0 saturated carbocycles. The third-order valence-electron chi connectivity index (χ3n) is 2.79. The maximum absolute atomic E-state index is 11.9. The van der Waals surface area contributed by atoms with Gasteiger partial charge in [-0.1, -0.05) is 15.9 Å². The summed E-state index contributed by atoms with van der Waals surface area (Å²) < 4.78 is 1.00. The monoisotopic (exact) mass is 331 g/mol. The van der Waals surface area contributed by atoms with E-state index >= 15 is 0 Å². The first-order valence-electron chi connectivity index (χ1n) is 5.58. The minimum absolute atomic E-state index is 0.0569. The average Bonchev–Trinajstić information content (AvgIpc) is 2.69. The van der Waals surface area contributed by atoms with Crippen molar-refractivity contribution in [1.29, 1.82) is 0 Å². The molecule has 18 heavy (non-hydrogen) atoms. The molecule has 98 valence electrons. The van der Waals surface area contributed by atoms with Crippen molar-refractivity contribution >= 4 is 33.6 Å². The summed E-state index contributed by atoms with van der Waals surface area (Å²) in [4.78, 5) is 14.4. The number of amides is 1. The number of benzene rings is 1. The summed E-state index contributed by atoms with van der Waals surface area (Å²) in [7, 11) is 0. The molecule has 1 aromatic carbocycles. The lowest BCUT2D eigenvalue weighted by Crippen LogP contribution is -2.31. The van der Waals surface area contributed by atoms with Gasteiger partial charge >= 0.3 is 0 Å². The molecule has 0 spiro atoms. The Bertz CT molecular complexity index is 416. The lowest BCUT2D eigenvalue weighted by atomic mass is 10.3. The molecule has 1 aromatic rings. The molecule has 1 aliphatic heterocycles. The molecule has 2 N–H and O–H groups in total. The number of carbonyl (C=O) groups excluding carboxylic acids is 1. The molecule has 1 amide bonds. The molecule has 4 nitrogen and oxygen atoms in total. The van der Waals surface area contributed by atoms with Crippen LogP contribution in [0.25, 0.3) is 0 Å². The lowest BCUT2D eigenvalue weighted by molar-refractivity contribution is -0.127. The van der Waals surface area contributed by atoms with Crippen LogP contribution in [0, 0.1) is 0 Å². The molecule has 1 heterocycles. The Labute approximate surface area is 118 Å². The van der Waals surface area contributed by atoms with Gasteiger partial charge in [-0.15, -0.1) is 11.8 Å². The SMILES string of the molecule is O=C(CSc1ccc(Br)cc1)N1CC(O)C(O)C1.